The van der Waals surface area contributed by atoms with Crippen LogP contribution in [0.3, 0.4) is 0 Å². The van der Waals surface area contributed by atoms with Crippen LogP contribution >= 0.6 is 0 Å². The molecule has 0 aromatic heterocycles. The minimum Gasteiger partial charge on any atom is -0.497 e. The number of methoxy groups -OCH3 is 1. The summed E-state index contributed by atoms with van der Waals surface area (Å²) in [5.74, 6) is 0.502. The number of amides is 1. The van der Waals surface area contributed by atoms with Crippen LogP contribution in [0.15, 0.2) is 29.2 Å². The standard InChI is InChI=1S/C24H35N3O8S/c1-24(2,10-4-11-25)16-27(36(30,31)19-7-5-18(32-3)6-8-19)14-17(28)13-26-23(29)35-21-15-34-22-20(21)9-12-33-22/h5-8,17,20-22,28H,4,9-10,12-16H2,1-3H3,(H,26,29)/t17-,20-,21+,22+/m0/s1. The number of rotatable bonds is 12. The van der Waals surface area contributed by atoms with E-state index in [1.807, 2.05) is 13.8 Å². The third-order valence-corrected chi connectivity index (χ3v) is 8.18. The number of carbonyl (C=O) groups is 1. The molecule has 2 fully saturated rings. The predicted octanol–water partition coefficient (Wildman–Crippen LogP) is 1.86. The van der Waals surface area contributed by atoms with Gasteiger partial charge in [-0.3, -0.25) is 0 Å². The Hall–Kier alpha value is -2.43. The van der Waals surface area contributed by atoms with E-state index in [2.05, 4.69) is 11.4 Å². The molecule has 0 bridgehead atoms. The second-order valence-corrected chi connectivity index (χ2v) is 11.7. The maximum absolute atomic E-state index is 13.5. The van der Waals surface area contributed by atoms with Crippen LogP contribution in [0.2, 0.25) is 0 Å². The average molecular weight is 526 g/mol. The summed E-state index contributed by atoms with van der Waals surface area (Å²) < 4.78 is 49.5. The first-order valence-corrected chi connectivity index (χ1v) is 13.4. The van der Waals surface area contributed by atoms with Crippen molar-refractivity contribution >= 4 is 16.1 Å². The lowest BCUT2D eigenvalue weighted by atomic mass is 9.88. The van der Waals surface area contributed by atoms with Crippen LogP contribution in [0.5, 0.6) is 5.75 Å². The second-order valence-electron chi connectivity index (χ2n) is 9.80. The van der Waals surface area contributed by atoms with E-state index in [1.165, 1.54) is 23.5 Å². The summed E-state index contributed by atoms with van der Waals surface area (Å²) >= 11 is 0. The largest absolute Gasteiger partial charge is 0.497 e. The summed E-state index contributed by atoms with van der Waals surface area (Å²) in [6.07, 6.45) is -1.19. The van der Waals surface area contributed by atoms with Gasteiger partial charge in [0.1, 0.15) is 11.9 Å². The molecule has 0 unspecified atom stereocenters. The van der Waals surface area contributed by atoms with Crippen LogP contribution in [0.1, 0.15) is 33.1 Å². The van der Waals surface area contributed by atoms with Crippen molar-refractivity contribution in [1.82, 2.24) is 9.62 Å². The normalized spacial score (nSPS) is 22.6. The number of hydrogen-bond donors (Lipinski definition) is 2. The lowest BCUT2D eigenvalue weighted by molar-refractivity contribution is -0.0907. The van der Waals surface area contributed by atoms with Crippen molar-refractivity contribution in [3.63, 3.8) is 0 Å². The van der Waals surface area contributed by atoms with Crippen molar-refractivity contribution in [3.05, 3.63) is 24.3 Å². The summed E-state index contributed by atoms with van der Waals surface area (Å²) in [6, 6.07) is 8.06. The summed E-state index contributed by atoms with van der Waals surface area (Å²) in [4.78, 5) is 12.3. The zero-order chi connectivity index (χ0) is 26.3. The van der Waals surface area contributed by atoms with E-state index >= 15 is 0 Å². The molecule has 2 aliphatic rings. The van der Waals surface area contributed by atoms with Crippen molar-refractivity contribution in [2.24, 2.45) is 11.3 Å². The lowest BCUT2D eigenvalue weighted by Crippen LogP contribution is -2.46. The number of carbonyl (C=O) groups excluding carboxylic acids is 1. The van der Waals surface area contributed by atoms with Crippen molar-refractivity contribution < 1.29 is 37.3 Å². The van der Waals surface area contributed by atoms with Crippen LogP contribution in [0.4, 0.5) is 4.79 Å². The molecule has 0 radical (unpaired) electrons. The van der Waals surface area contributed by atoms with Crippen molar-refractivity contribution in [2.75, 3.05) is 40.0 Å². The van der Waals surface area contributed by atoms with E-state index < -0.39 is 33.7 Å². The molecule has 11 nitrogen and oxygen atoms in total. The molecule has 200 valence electrons. The molecule has 2 N–H and O–H groups in total. The molecule has 4 atom stereocenters. The number of aliphatic hydroxyl groups is 1. The van der Waals surface area contributed by atoms with E-state index in [0.717, 1.165) is 6.42 Å². The fraction of sp³-hybridized carbons (Fsp3) is 0.667. The van der Waals surface area contributed by atoms with Gasteiger partial charge >= 0.3 is 6.09 Å². The van der Waals surface area contributed by atoms with Gasteiger partial charge in [0.2, 0.25) is 10.0 Å². The number of aliphatic hydroxyl groups excluding tert-OH is 1. The Morgan fingerprint density at radius 1 is 1.33 bits per heavy atom. The first-order chi connectivity index (χ1) is 17.1. The molecule has 3 rings (SSSR count). The number of ether oxygens (including phenoxy) is 4. The average Bonchev–Trinajstić information content (AvgIpc) is 3.46. The highest BCUT2D eigenvalue weighted by atomic mass is 32.2. The molecule has 0 spiro atoms. The van der Waals surface area contributed by atoms with Gasteiger partial charge in [-0.05, 0) is 42.5 Å². The van der Waals surface area contributed by atoms with Gasteiger partial charge in [-0.15, -0.1) is 0 Å². The first-order valence-electron chi connectivity index (χ1n) is 11.9. The van der Waals surface area contributed by atoms with Crippen LogP contribution in [0, 0.1) is 22.7 Å². The zero-order valence-electron chi connectivity index (χ0n) is 20.9. The molecular weight excluding hydrogens is 490 g/mol. The highest BCUT2D eigenvalue weighted by molar-refractivity contribution is 7.89. The van der Waals surface area contributed by atoms with Gasteiger partial charge in [0.25, 0.3) is 0 Å². The van der Waals surface area contributed by atoms with E-state index in [0.29, 0.717) is 18.8 Å². The SMILES string of the molecule is COc1ccc(S(=O)(=O)N(C[C@@H](O)CNC(=O)O[C@@H]2CO[C@H]3OCC[C@H]32)CC(C)(C)CCC#N)cc1. The Labute approximate surface area is 212 Å². The van der Waals surface area contributed by atoms with Gasteiger partial charge < -0.3 is 29.4 Å². The monoisotopic (exact) mass is 525 g/mol. The highest BCUT2D eigenvalue weighted by Crippen LogP contribution is 2.33. The molecule has 12 heteroatoms. The van der Waals surface area contributed by atoms with Crippen molar-refractivity contribution in [3.8, 4) is 11.8 Å². The minimum absolute atomic E-state index is 0.0125. The van der Waals surface area contributed by atoms with Crippen LogP contribution in [0.25, 0.3) is 0 Å². The molecule has 2 saturated heterocycles. The number of sulfonamides is 1. The predicted molar refractivity (Wildman–Crippen MR) is 128 cm³/mol. The van der Waals surface area contributed by atoms with Gasteiger partial charge in [0.15, 0.2) is 6.29 Å². The number of benzene rings is 1. The van der Waals surface area contributed by atoms with Gasteiger partial charge in [0.05, 0.1) is 43.3 Å². The zero-order valence-corrected chi connectivity index (χ0v) is 21.7. The van der Waals surface area contributed by atoms with Crippen molar-refractivity contribution in [2.45, 2.75) is 56.5 Å². The molecule has 0 aliphatic carbocycles. The second kappa shape index (κ2) is 12.2. The maximum atomic E-state index is 13.5. The van der Waals surface area contributed by atoms with Crippen molar-refractivity contribution in [1.29, 1.82) is 5.26 Å². The smallest absolute Gasteiger partial charge is 0.407 e. The summed E-state index contributed by atoms with van der Waals surface area (Å²) in [5, 5.41) is 22.1. The Kier molecular flexibility index (Phi) is 9.54. The first kappa shape index (κ1) is 28.1. The molecule has 36 heavy (non-hydrogen) atoms. The topological polar surface area (TPSA) is 147 Å². The summed E-state index contributed by atoms with van der Waals surface area (Å²) in [6.45, 7) is 4.15. The van der Waals surface area contributed by atoms with Crippen LogP contribution in [-0.2, 0) is 24.2 Å². The maximum Gasteiger partial charge on any atom is 0.407 e. The number of alkyl carbamates (subject to hydrolysis) is 1. The van der Waals surface area contributed by atoms with Crippen LogP contribution in [-0.4, -0.2) is 82.4 Å². The Bertz CT molecular complexity index is 1020. The summed E-state index contributed by atoms with van der Waals surface area (Å²) in [5.41, 5.74) is -0.524. The molecule has 1 amide bonds. The Balaban J connectivity index is 1.64. The highest BCUT2D eigenvalue weighted by Gasteiger charge is 2.44. The number of nitrogens with zero attached hydrogens (tertiary/aromatic N) is 2. The van der Waals surface area contributed by atoms with E-state index in [-0.39, 0.29) is 49.8 Å². The molecule has 2 aliphatic heterocycles. The van der Waals surface area contributed by atoms with Gasteiger partial charge in [-0.2, -0.15) is 9.57 Å². The fourth-order valence-corrected chi connectivity index (χ4v) is 5.99. The van der Waals surface area contributed by atoms with E-state index in [9.17, 15) is 18.3 Å². The van der Waals surface area contributed by atoms with E-state index in [4.69, 9.17) is 24.2 Å². The lowest BCUT2D eigenvalue weighted by Gasteiger charge is -2.33. The number of nitriles is 1. The van der Waals surface area contributed by atoms with Gasteiger partial charge in [0, 0.05) is 26.1 Å². The Morgan fingerprint density at radius 3 is 2.72 bits per heavy atom. The molecular formula is C24H35N3O8S. The molecule has 1 aromatic carbocycles. The number of hydrogen-bond acceptors (Lipinski definition) is 9. The summed E-state index contributed by atoms with van der Waals surface area (Å²) in [7, 11) is -2.50. The minimum atomic E-state index is -3.99. The fourth-order valence-electron chi connectivity index (χ4n) is 4.32. The third-order valence-electron chi connectivity index (χ3n) is 6.36. The Morgan fingerprint density at radius 2 is 2.06 bits per heavy atom. The molecule has 1 aromatic rings. The van der Waals surface area contributed by atoms with Gasteiger partial charge in [-0.25, -0.2) is 13.2 Å². The molecule has 2 heterocycles. The number of nitrogens with one attached hydrogen (secondary N) is 1. The number of fused-ring (bicyclic) bond motifs is 1. The molecule has 0 saturated carbocycles. The van der Waals surface area contributed by atoms with Gasteiger partial charge in [-0.1, -0.05) is 13.8 Å². The quantitative estimate of drug-likeness (QED) is 0.417. The third kappa shape index (κ3) is 7.30. The van der Waals surface area contributed by atoms with Crippen LogP contribution < -0.4 is 10.1 Å². The van der Waals surface area contributed by atoms with E-state index in [1.54, 1.807) is 12.1 Å².